The Morgan fingerprint density at radius 3 is 0.585 bits per heavy atom. The molecule has 3 aliphatic heterocycles. The lowest BCUT2D eigenvalue weighted by atomic mass is 9.84. The summed E-state index contributed by atoms with van der Waals surface area (Å²) in [5, 5.41) is 4.51. The maximum atomic E-state index is 2.70. The van der Waals surface area contributed by atoms with E-state index in [4.69, 9.17) is 0 Å². The van der Waals surface area contributed by atoms with E-state index in [0.717, 1.165) is 0 Å². The largest absolute Gasteiger partial charge is 0.311 e. The lowest BCUT2D eigenvalue weighted by Crippen LogP contribution is -2.74. The first-order valence-corrected chi connectivity index (χ1v) is 26.7. The third-order valence-corrected chi connectivity index (χ3v) is 19.3. The molecule has 0 unspecified atom stereocenters. The van der Waals surface area contributed by atoms with Crippen molar-refractivity contribution in [1.82, 2.24) is 0 Å². The van der Waals surface area contributed by atoms with Gasteiger partial charge in [0.25, 0.3) is 0 Å². The molecule has 0 saturated carbocycles. The maximum Gasteiger partial charge on any atom is 0.161 e. The van der Waals surface area contributed by atoms with Crippen LogP contribution in [0, 0.1) is 0 Å². The fourth-order valence-electron chi connectivity index (χ4n) is 10.7. The van der Waals surface area contributed by atoms with Gasteiger partial charge >= 0.3 is 0 Å². The van der Waals surface area contributed by atoms with Crippen LogP contribution in [-0.2, 0) is 32.5 Å². The van der Waals surface area contributed by atoms with Gasteiger partial charge in [0, 0.05) is 51.2 Å². The molecule has 3 aliphatic rings. The van der Waals surface area contributed by atoms with Crippen molar-refractivity contribution in [3.63, 3.8) is 0 Å². The molecule has 0 fully saturated rings. The second-order valence-corrected chi connectivity index (χ2v) is 29.7. The van der Waals surface area contributed by atoms with Crippen molar-refractivity contribution in [2.75, 3.05) is 14.7 Å². The molecule has 0 N–H and O–H groups in total. The Kier molecular flexibility index (Phi) is 9.87. The Morgan fingerprint density at radius 1 is 0.262 bits per heavy atom. The van der Waals surface area contributed by atoms with E-state index in [1.54, 1.807) is 0 Å². The molecule has 65 heavy (non-hydrogen) atoms. The van der Waals surface area contributed by atoms with E-state index < -0.39 is 8.07 Å². The summed E-state index contributed by atoms with van der Waals surface area (Å²) in [4.78, 5) is 8.01. The predicted octanol–water partition coefficient (Wildman–Crippen LogP) is 15.9. The van der Waals surface area contributed by atoms with Crippen LogP contribution in [0.25, 0.3) is 0 Å². The molecule has 9 rings (SSSR count). The molecule has 0 saturated heterocycles. The van der Waals surface area contributed by atoms with Crippen LogP contribution in [0.2, 0.25) is 6.55 Å². The number of anilines is 9. The molecule has 3 heterocycles. The van der Waals surface area contributed by atoms with Crippen molar-refractivity contribution in [2.24, 2.45) is 0 Å². The van der Waals surface area contributed by atoms with Gasteiger partial charge in [-0.2, -0.15) is 0 Å². The van der Waals surface area contributed by atoms with Gasteiger partial charge in [0.1, 0.15) is 0 Å². The van der Waals surface area contributed by atoms with Crippen molar-refractivity contribution in [2.45, 2.75) is 164 Å². The summed E-state index contributed by atoms with van der Waals surface area (Å²) in [6.45, 7) is 45.0. The van der Waals surface area contributed by atoms with E-state index in [9.17, 15) is 0 Å². The minimum Gasteiger partial charge on any atom is -0.311 e. The first kappa shape index (κ1) is 45.1. The number of benzene rings is 6. The first-order chi connectivity index (χ1) is 29.9. The van der Waals surface area contributed by atoms with Gasteiger partial charge in [-0.25, -0.2) is 0 Å². The van der Waals surface area contributed by atoms with Crippen LogP contribution in [0.15, 0.2) is 109 Å². The molecule has 0 bridgehead atoms. The van der Waals surface area contributed by atoms with Crippen LogP contribution in [0.4, 0.5) is 51.2 Å². The topological polar surface area (TPSA) is 9.72 Å². The molecule has 0 amide bonds. The molecule has 6 aromatic rings. The lowest BCUT2D eigenvalue weighted by Gasteiger charge is -2.55. The SMILES string of the molecule is CC(C)(C)c1ccc(N2c3cc(C(C)(C)C)cc4c3[Si]3(C)c5c2cc(C(C)(C)C)cc5N(c2ccc(C(C)(C)C)cc2)c2cc(C(C)(C)C)cc(c23)N4c2ccc(C(C)(C)C)cc2)cc1. The first-order valence-electron chi connectivity index (χ1n) is 24.2. The molecular weight excluding hydrogens is 803 g/mol. The summed E-state index contributed by atoms with van der Waals surface area (Å²) in [6, 6.07) is 44.0. The fourth-order valence-corrected chi connectivity index (χ4v) is 15.6. The number of nitrogens with zero attached hydrogens (tertiary/aromatic N) is 3. The second-order valence-electron chi connectivity index (χ2n) is 25.9. The summed E-state index contributed by atoms with van der Waals surface area (Å²) in [6.07, 6.45) is 0. The van der Waals surface area contributed by atoms with Gasteiger partial charge in [-0.15, -0.1) is 0 Å². The van der Waals surface area contributed by atoms with Gasteiger partial charge in [0.2, 0.25) is 0 Å². The fraction of sp³-hybridized carbons (Fsp3) is 0.410. The summed E-state index contributed by atoms with van der Waals surface area (Å²) in [5.41, 5.74) is 19.5. The van der Waals surface area contributed by atoms with Crippen molar-refractivity contribution < 1.29 is 0 Å². The van der Waals surface area contributed by atoms with Crippen LogP contribution >= 0.6 is 0 Å². The van der Waals surface area contributed by atoms with Crippen molar-refractivity contribution in [3.05, 3.63) is 143 Å². The molecular formula is C61H75N3Si. The second kappa shape index (κ2) is 14.2. The average molecular weight is 878 g/mol. The van der Waals surface area contributed by atoms with E-state index in [0.29, 0.717) is 0 Å². The van der Waals surface area contributed by atoms with Gasteiger partial charge in [-0.3, -0.25) is 0 Å². The highest BCUT2D eigenvalue weighted by Crippen LogP contribution is 2.55. The van der Waals surface area contributed by atoms with E-state index in [1.807, 2.05) is 0 Å². The minimum absolute atomic E-state index is 0.0423. The zero-order valence-electron chi connectivity index (χ0n) is 43.2. The average Bonchev–Trinajstić information content (AvgIpc) is 3.19. The summed E-state index contributed by atoms with van der Waals surface area (Å²) in [7, 11) is -2.82. The zero-order valence-corrected chi connectivity index (χ0v) is 44.2. The smallest absolute Gasteiger partial charge is 0.161 e. The Labute approximate surface area is 393 Å². The van der Waals surface area contributed by atoms with Crippen molar-refractivity contribution >= 4 is 74.8 Å². The van der Waals surface area contributed by atoms with Crippen LogP contribution in [0.1, 0.15) is 158 Å². The summed E-state index contributed by atoms with van der Waals surface area (Å²) in [5.74, 6) is 0. The number of hydrogen-bond donors (Lipinski definition) is 0. The Balaban J connectivity index is 1.50. The van der Waals surface area contributed by atoms with E-state index in [2.05, 4.69) is 255 Å². The van der Waals surface area contributed by atoms with E-state index >= 15 is 0 Å². The molecule has 0 radical (unpaired) electrons. The highest BCUT2D eigenvalue weighted by molar-refractivity contribution is 7.16. The quantitative estimate of drug-likeness (QED) is 0.164. The monoisotopic (exact) mass is 878 g/mol. The van der Waals surface area contributed by atoms with Gasteiger partial charge in [-0.1, -0.05) is 168 Å². The molecule has 4 heteroatoms. The lowest BCUT2D eigenvalue weighted by molar-refractivity contribution is 0.589. The number of hydrogen-bond acceptors (Lipinski definition) is 3. The standard InChI is InChI=1S/C61H75N3Si/c1-56(2,3)38-20-26-44(27-21-38)62-47-32-41(59(10,11)12)34-49-53(47)65(19)54-48(62)33-42(60(13,14)15)35-50(54)64(46-30-24-40(25-31-46)58(7,8)9)52-37-43(61(16,17)18)36-51(55(52)65)63(49)45-28-22-39(23-29-45)57(4,5)6/h20-37H,1-19H3. The van der Waals surface area contributed by atoms with Crippen LogP contribution in [0.5, 0.6) is 0 Å². The van der Waals surface area contributed by atoms with E-state index in [1.165, 1.54) is 100 Å². The van der Waals surface area contributed by atoms with Crippen LogP contribution in [0.3, 0.4) is 0 Å². The van der Waals surface area contributed by atoms with E-state index in [-0.39, 0.29) is 32.5 Å². The molecule has 0 spiro atoms. The van der Waals surface area contributed by atoms with Crippen molar-refractivity contribution in [3.8, 4) is 0 Å². The van der Waals surface area contributed by atoms with Gasteiger partial charge in [0.05, 0.1) is 0 Å². The highest BCUT2D eigenvalue weighted by Gasteiger charge is 2.57. The van der Waals surface area contributed by atoms with Crippen molar-refractivity contribution in [1.29, 1.82) is 0 Å². The maximum absolute atomic E-state index is 2.82. The minimum atomic E-state index is -2.82. The third kappa shape index (κ3) is 7.20. The van der Waals surface area contributed by atoms with Gasteiger partial charge < -0.3 is 14.7 Å². The summed E-state index contributed by atoms with van der Waals surface area (Å²) >= 11 is 0. The molecule has 0 aliphatic carbocycles. The molecule has 0 aromatic heterocycles. The Bertz CT molecular complexity index is 2470. The Hall–Kier alpha value is -5.06. The summed E-state index contributed by atoms with van der Waals surface area (Å²) < 4.78 is 0. The number of rotatable bonds is 3. The molecule has 0 atom stereocenters. The van der Waals surface area contributed by atoms with Crippen LogP contribution in [-0.4, -0.2) is 8.07 Å². The zero-order chi connectivity index (χ0) is 47.4. The molecule has 338 valence electrons. The molecule has 3 nitrogen and oxygen atoms in total. The van der Waals surface area contributed by atoms with Gasteiger partial charge in [-0.05, 0) is 154 Å². The Morgan fingerprint density at radius 2 is 0.431 bits per heavy atom. The molecule has 6 aromatic carbocycles. The third-order valence-electron chi connectivity index (χ3n) is 14.8. The highest BCUT2D eigenvalue weighted by atomic mass is 28.3. The van der Waals surface area contributed by atoms with Gasteiger partial charge in [0.15, 0.2) is 8.07 Å². The van der Waals surface area contributed by atoms with Crippen LogP contribution < -0.4 is 30.3 Å². The predicted molar refractivity (Wildman–Crippen MR) is 287 cm³/mol. The normalized spacial score (nSPS) is 15.6.